The Kier molecular flexibility index (Phi) is 13.1. The van der Waals surface area contributed by atoms with Crippen molar-refractivity contribution >= 4 is 63.2 Å². The number of anilines is 3. The van der Waals surface area contributed by atoms with E-state index in [2.05, 4.69) is 69.3 Å². The third-order valence-electron chi connectivity index (χ3n) is 11.3. The number of nitrogens with one attached hydrogen (secondary N) is 2. The Labute approximate surface area is 349 Å². The van der Waals surface area contributed by atoms with Gasteiger partial charge in [0.25, 0.3) is 5.91 Å². The van der Waals surface area contributed by atoms with Gasteiger partial charge in [-0.2, -0.15) is 15.2 Å². The minimum absolute atomic E-state index is 0.107. The number of halogens is 2. The summed E-state index contributed by atoms with van der Waals surface area (Å²) in [4.78, 5) is 44.7. The summed E-state index contributed by atoms with van der Waals surface area (Å²) >= 11 is 12.9. The maximum absolute atomic E-state index is 13.7. The first-order valence-electron chi connectivity index (χ1n) is 19.7. The Morgan fingerprint density at radius 2 is 1.86 bits per heavy atom. The van der Waals surface area contributed by atoms with E-state index in [1.54, 1.807) is 4.90 Å². The summed E-state index contributed by atoms with van der Waals surface area (Å²) in [5, 5.41) is 19.0. The monoisotopic (exact) mass is 825 g/mol. The molecule has 2 saturated heterocycles. The van der Waals surface area contributed by atoms with Crippen LogP contribution >= 0.6 is 23.2 Å². The first kappa shape index (κ1) is 40.9. The van der Waals surface area contributed by atoms with E-state index in [1.165, 1.54) is 0 Å². The van der Waals surface area contributed by atoms with Crippen LogP contribution in [-0.4, -0.2) is 110 Å². The topological polar surface area (TPSA) is 139 Å². The molecule has 13 nitrogen and oxygen atoms in total. The molecular weight excluding hydrogens is 777 g/mol. The molecular formula is C43H49Cl2N9O4. The number of amides is 2. The van der Waals surface area contributed by atoms with E-state index in [0.717, 1.165) is 70.7 Å². The van der Waals surface area contributed by atoms with E-state index < -0.39 is 12.1 Å². The third kappa shape index (κ3) is 9.36. The summed E-state index contributed by atoms with van der Waals surface area (Å²) in [7, 11) is 3.93. The van der Waals surface area contributed by atoms with Gasteiger partial charge in [-0.3, -0.25) is 4.79 Å². The van der Waals surface area contributed by atoms with Gasteiger partial charge in [0.1, 0.15) is 19.0 Å². The molecule has 2 fully saturated rings. The van der Waals surface area contributed by atoms with Crippen molar-refractivity contribution in [2.24, 2.45) is 0 Å². The first-order chi connectivity index (χ1) is 28.1. The van der Waals surface area contributed by atoms with Crippen molar-refractivity contribution in [2.45, 2.75) is 50.7 Å². The van der Waals surface area contributed by atoms with Crippen LogP contribution in [0.3, 0.4) is 0 Å². The number of nitrogens with zero attached hydrogens (tertiary/aromatic N) is 7. The molecule has 1 aromatic heterocycles. The van der Waals surface area contributed by atoms with Crippen LogP contribution in [0, 0.1) is 11.3 Å². The van der Waals surface area contributed by atoms with Crippen molar-refractivity contribution in [3.8, 4) is 12.1 Å². The van der Waals surface area contributed by atoms with Gasteiger partial charge in [-0.15, -0.1) is 0 Å². The highest BCUT2D eigenvalue weighted by molar-refractivity contribution is 6.36. The Morgan fingerprint density at radius 1 is 1.03 bits per heavy atom. The van der Waals surface area contributed by atoms with Gasteiger partial charge in [-0.05, 0) is 80.6 Å². The summed E-state index contributed by atoms with van der Waals surface area (Å²) in [6.07, 6.45) is 2.86. The molecule has 2 amide bonds. The fourth-order valence-corrected chi connectivity index (χ4v) is 8.67. The Balaban J connectivity index is 1.04. The number of nitriles is 1. The van der Waals surface area contributed by atoms with E-state index in [1.807, 2.05) is 37.4 Å². The summed E-state index contributed by atoms with van der Waals surface area (Å²) in [6, 6.07) is 20.2. The average Bonchev–Trinajstić information content (AvgIpc) is 3.65. The number of fused-ring (bicyclic) bond motifs is 2. The zero-order chi connectivity index (χ0) is 40.8. The maximum Gasteiger partial charge on any atom is 0.407 e. The second-order valence-corrected chi connectivity index (χ2v) is 15.9. The van der Waals surface area contributed by atoms with Crippen molar-refractivity contribution < 1.29 is 19.1 Å². The number of likely N-dealkylation sites (N-methyl/N-ethyl adjacent to an activating group) is 1. The number of carbonyl (C=O) groups is 2. The maximum atomic E-state index is 13.7. The van der Waals surface area contributed by atoms with Gasteiger partial charge >= 0.3 is 12.1 Å². The number of alkyl carbamates (subject to hydrolysis) is 1. The predicted molar refractivity (Wildman–Crippen MR) is 228 cm³/mol. The van der Waals surface area contributed by atoms with E-state index in [0.29, 0.717) is 68.2 Å². The molecule has 2 atom stereocenters. The van der Waals surface area contributed by atoms with Crippen LogP contribution < -0.4 is 25.2 Å². The molecule has 58 heavy (non-hydrogen) atoms. The summed E-state index contributed by atoms with van der Waals surface area (Å²) < 4.78 is 11.7. The molecule has 0 spiro atoms. The zero-order valence-electron chi connectivity index (χ0n) is 33.0. The summed E-state index contributed by atoms with van der Waals surface area (Å²) in [5.41, 5.74) is 4.92. The average molecular weight is 827 g/mol. The van der Waals surface area contributed by atoms with E-state index >= 15 is 0 Å². The molecule has 3 aromatic carbocycles. The molecule has 4 aromatic rings. The number of likely N-dealkylation sites (tertiary alicyclic amines) is 1. The number of benzene rings is 3. The predicted octanol–water partition coefficient (Wildman–Crippen LogP) is 6.47. The molecule has 3 aliphatic rings. The van der Waals surface area contributed by atoms with Gasteiger partial charge in [0.2, 0.25) is 0 Å². The highest BCUT2D eigenvalue weighted by Crippen LogP contribution is 2.37. The van der Waals surface area contributed by atoms with Gasteiger partial charge < -0.3 is 39.7 Å². The van der Waals surface area contributed by atoms with Gasteiger partial charge in [0.05, 0.1) is 35.8 Å². The number of hydrogen-bond donors (Lipinski definition) is 2. The molecule has 7 rings (SSSR count). The van der Waals surface area contributed by atoms with Crippen molar-refractivity contribution in [3.05, 3.63) is 93.6 Å². The molecule has 3 aliphatic heterocycles. The van der Waals surface area contributed by atoms with E-state index in [-0.39, 0.29) is 30.5 Å². The van der Waals surface area contributed by atoms with Crippen LogP contribution in [0.1, 0.15) is 36.1 Å². The van der Waals surface area contributed by atoms with E-state index in [9.17, 15) is 14.9 Å². The minimum Gasteiger partial charge on any atom is -0.462 e. The lowest BCUT2D eigenvalue weighted by atomic mass is 10.0. The lowest BCUT2D eigenvalue weighted by Gasteiger charge is -2.42. The molecule has 2 unspecified atom stereocenters. The third-order valence-corrected chi connectivity index (χ3v) is 11.8. The van der Waals surface area contributed by atoms with Crippen LogP contribution in [0.15, 0.2) is 66.7 Å². The van der Waals surface area contributed by atoms with E-state index in [4.69, 9.17) is 42.6 Å². The van der Waals surface area contributed by atoms with Crippen molar-refractivity contribution in [3.63, 3.8) is 0 Å². The first-order valence-corrected chi connectivity index (χ1v) is 20.5. The smallest absolute Gasteiger partial charge is 0.407 e. The highest BCUT2D eigenvalue weighted by atomic mass is 35.5. The largest absolute Gasteiger partial charge is 0.462 e. The standard InChI is InChI=1S/C43H49Cl2N9O4/c1-28(26-58-43(56)48-16-13-29-21-31(44)23-32(22-29)47-2)41(55)54-20-19-53(24-33(54)12-15-46)40-35-14-18-52(38-11-5-8-30-7-4-10-36(45)39(30)38)25-37(35)49-42(50-40)57-27-34-9-6-17-51(34)3/h4-5,7-8,10-11,21-23,33-34,47H,1,6,9,12-14,16-20,24-27H2,2-3H3,(H,48,56). The Morgan fingerprint density at radius 3 is 2.64 bits per heavy atom. The van der Waals surface area contributed by atoms with Crippen LogP contribution in [0.25, 0.3) is 10.8 Å². The fourth-order valence-electron chi connectivity index (χ4n) is 8.13. The molecule has 4 heterocycles. The van der Waals surface area contributed by atoms with Crippen molar-refractivity contribution in [2.75, 3.05) is 81.7 Å². The molecule has 0 bridgehead atoms. The van der Waals surface area contributed by atoms with Gasteiger partial charge in [-0.25, -0.2) is 4.79 Å². The zero-order valence-corrected chi connectivity index (χ0v) is 34.5. The van der Waals surface area contributed by atoms with Gasteiger partial charge in [-0.1, -0.05) is 54.0 Å². The van der Waals surface area contributed by atoms with Crippen molar-refractivity contribution in [1.82, 2.24) is 25.1 Å². The van der Waals surface area contributed by atoms with Crippen LogP contribution in [0.5, 0.6) is 6.01 Å². The van der Waals surface area contributed by atoms with Gasteiger partial charge in [0, 0.05) is 78.7 Å². The molecule has 0 aliphatic carbocycles. The number of ether oxygens (including phenoxy) is 2. The number of rotatable bonds is 13. The second kappa shape index (κ2) is 18.5. The number of aromatic nitrogens is 2. The Bertz CT molecular complexity index is 2210. The Hall–Kier alpha value is -5.29. The molecule has 304 valence electrons. The molecule has 2 N–H and O–H groups in total. The molecule has 15 heteroatoms. The van der Waals surface area contributed by atoms with Crippen LogP contribution in [0.2, 0.25) is 10.0 Å². The summed E-state index contributed by atoms with van der Waals surface area (Å²) in [6.45, 7) is 7.95. The van der Waals surface area contributed by atoms with Gasteiger partial charge in [0.15, 0.2) is 0 Å². The fraction of sp³-hybridized carbons (Fsp3) is 0.419. The normalized spacial score (nSPS) is 18.1. The number of carbonyl (C=O) groups excluding carboxylic acids is 2. The minimum atomic E-state index is -0.656. The lowest BCUT2D eigenvalue weighted by molar-refractivity contribution is -0.130. The molecule has 0 saturated carbocycles. The van der Waals surface area contributed by atoms with Crippen molar-refractivity contribution in [1.29, 1.82) is 5.26 Å². The highest BCUT2D eigenvalue weighted by Gasteiger charge is 2.35. The number of piperazine rings is 1. The SMILES string of the molecule is C=C(COC(=O)NCCc1cc(Cl)cc(NC)c1)C(=O)N1CCN(c2nc(OCC3CCCN3C)nc3c2CCN(c2cccc4cccc(Cl)c24)C3)CC1CC#N. The second-order valence-electron chi connectivity index (χ2n) is 15.0. The van der Waals surface area contributed by atoms with Crippen LogP contribution in [0.4, 0.5) is 22.0 Å². The number of hydrogen-bond acceptors (Lipinski definition) is 11. The summed E-state index contributed by atoms with van der Waals surface area (Å²) in [5.74, 6) is 0.411. The quantitative estimate of drug-likeness (QED) is 0.144. The molecule has 0 radical (unpaired) electrons. The lowest BCUT2D eigenvalue weighted by Crippen LogP contribution is -2.56. The van der Waals surface area contributed by atoms with Crippen LogP contribution in [-0.2, 0) is 28.9 Å².